The van der Waals surface area contributed by atoms with Gasteiger partial charge in [0.1, 0.15) is 5.82 Å². The van der Waals surface area contributed by atoms with Gasteiger partial charge in [0.05, 0.1) is 13.2 Å². The van der Waals surface area contributed by atoms with Crippen LogP contribution in [0.1, 0.15) is 12.6 Å². The number of hydrogen-bond donors (Lipinski definition) is 0. The number of nitrogens with zero attached hydrogens (tertiary/aromatic N) is 2. The molecule has 14 heavy (non-hydrogen) atoms. The zero-order valence-electron chi connectivity index (χ0n) is 8.57. The number of rotatable bonds is 2. The van der Waals surface area contributed by atoms with Gasteiger partial charge in [-0.3, -0.25) is 0 Å². The van der Waals surface area contributed by atoms with Gasteiger partial charge in [-0.1, -0.05) is 13.0 Å². The number of hydrogen-bond acceptors (Lipinski definition) is 3. The Morgan fingerprint density at radius 1 is 1.36 bits per heavy atom. The summed E-state index contributed by atoms with van der Waals surface area (Å²) in [5.41, 5.74) is 1.16. The Morgan fingerprint density at radius 3 is 2.86 bits per heavy atom. The van der Waals surface area contributed by atoms with Crippen molar-refractivity contribution in [2.75, 3.05) is 31.2 Å². The van der Waals surface area contributed by atoms with E-state index in [1.54, 1.807) is 0 Å². The fraction of sp³-hybridized carbons (Fsp3) is 0.545. The van der Waals surface area contributed by atoms with Crippen LogP contribution in [0.2, 0.25) is 0 Å². The van der Waals surface area contributed by atoms with Crippen LogP contribution in [0.15, 0.2) is 18.2 Å². The van der Waals surface area contributed by atoms with Gasteiger partial charge in [-0.25, -0.2) is 4.98 Å². The molecule has 3 nitrogen and oxygen atoms in total. The quantitative estimate of drug-likeness (QED) is 0.709. The molecule has 0 atom stereocenters. The van der Waals surface area contributed by atoms with Crippen molar-refractivity contribution in [2.24, 2.45) is 0 Å². The molecule has 76 valence electrons. The minimum Gasteiger partial charge on any atom is -0.378 e. The summed E-state index contributed by atoms with van der Waals surface area (Å²) in [6.07, 6.45) is 0.998. The van der Waals surface area contributed by atoms with Crippen molar-refractivity contribution in [3.05, 3.63) is 23.9 Å². The van der Waals surface area contributed by atoms with E-state index < -0.39 is 0 Å². The minimum absolute atomic E-state index is 0.817. The van der Waals surface area contributed by atoms with E-state index in [0.29, 0.717) is 0 Å². The Labute approximate surface area is 84.7 Å². The molecule has 1 aromatic heterocycles. The molecule has 0 N–H and O–H groups in total. The minimum atomic E-state index is 0.817. The first-order valence-corrected chi connectivity index (χ1v) is 5.19. The Kier molecular flexibility index (Phi) is 2.99. The van der Waals surface area contributed by atoms with Crippen LogP contribution in [0.25, 0.3) is 0 Å². The van der Waals surface area contributed by atoms with Crippen LogP contribution in [-0.4, -0.2) is 31.3 Å². The Hall–Kier alpha value is -1.09. The standard InChI is InChI=1S/C11H16N2O/c1-2-10-4-3-5-11(12-10)13-6-8-14-9-7-13/h3-5H,2,6-9H2,1H3. The van der Waals surface area contributed by atoms with E-state index in [4.69, 9.17) is 4.74 Å². The predicted molar refractivity (Wildman–Crippen MR) is 56.6 cm³/mol. The number of aromatic nitrogens is 1. The molecule has 2 rings (SSSR count). The van der Waals surface area contributed by atoms with E-state index in [2.05, 4.69) is 35.0 Å². The number of aryl methyl sites for hydroxylation is 1. The summed E-state index contributed by atoms with van der Waals surface area (Å²) in [7, 11) is 0. The van der Waals surface area contributed by atoms with Gasteiger partial charge in [0.15, 0.2) is 0 Å². The molecule has 1 aromatic rings. The van der Waals surface area contributed by atoms with Gasteiger partial charge in [0.25, 0.3) is 0 Å². The first-order chi connectivity index (χ1) is 6.90. The zero-order chi connectivity index (χ0) is 9.80. The summed E-state index contributed by atoms with van der Waals surface area (Å²) in [5.74, 6) is 1.09. The smallest absolute Gasteiger partial charge is 0.128 e. The van der Waals surface area contributed by atoms with Crippen LogP contribution in [0.3, 0.4) is 0 Å². The highest BCUT2D eigenvalue weighted by Crippen LogP contribution is 2.13. The van der Waals surface area contributed by atoms with Gasteiger partial charge in [0.2, 0.25) is 0 Å². The Morgan fingerprint density at radius 2 is 2.14 bits per heavy atom. The summed E-state index contributed by atoms with van der Waals surface area (Å²) in [6, 6.07) is 6.23. The highest BCUT2D eigenvalue weighted by atomic mass is 16.5. The van der Waals surface area contributed by atoms with E-state index in [9.17, 15) is 0 Å². The lowest BCUT2D eigenvalue weighted by Gasteiger charge is -2.27. The maximum Gasteiger partial charge on any atom is 0.128 e. The van der Waals surface area contributed by atoms with E-state index in [-0.39, 0.29) is 0 Å². The fourth-order valence-electron chi connectivity index (χ4n) is 1.63. The summed E-state index contributed by atoms with van der Waals surface area (Å²) < 4.78 is 5.31. The Bertz CT molecular complexity index is 295. The van der Waals surface area contributed by atoms with Crippen LogP contribution in [0.4, 0.5) is 5.82 Å². The molecular weight excluding hydrogens is 176 g/mol. The van der Waals surface area contributed by atoms with Gasteiger partial charge < -0.3 is 9.64 Å². The molecule has 0 radical (unpaired) electrons. The maximum atomic E-state index is 5.31. The third kappa shape index (κ3) is 2.04. The zero-order valence-corrected chi connectivity index (χ0v) is 8.57. The second-order valence-electron chi connectivity index (χ2n) is 3.44. The molecule has 0 aliphatic carbocycles. The lowest BCUT2D eigenvalue weighted by molar-refractivity contribution is 0.122. The SMILES string of the molecule is CCc1cccc(N2CCOCC2)n1. The second kappa shape index (κ2) is 4.42. The van der Waals surface area contributed by atoms with Gasteiger partial charge in [0, 0.05) is 18.8 Å². The molecular formula is C11H16N2O. The summed E-state index contributed by atoms with van der Waals surface area (Å²) in [4.78, 5) is 6.87. The van der Waals surface area contributed by atoms with E-state index in [0.717, 1.165) is 44.2 Å². The van der Waals surface area contributed by atoms with Crippen molar-refractivity contribution >= 4 is 5.82 Å². The lowest BCUT2D eigenvalue weighted by atomic mass is 10.3. The summed E-state index contributed by atoms with van der Waals surface area (Å²) in [5, 5.41) is 0. The fourth-order valence-corrected chi connectivity index (χ4v) is 1.63. The van der Waals surface area contributed by atoms with Crippen molar-refractivity contribution < 1.29 is 4.74 Å². The van der Waals surface area contributed by atoms with Crippen molar-refractivity contribution in [2.45, 2.75) is 13.3 Å². The normalized spacial score (nSPS) is 17.1. The first kappa shape index (κ1) is 9.46. The van der Waals surface area contributed by atoms with Gasteiger partial charge in [-0.2, -0.15) is 0 Å². The van der Waals surface area contributed by atoms with Crippen LogP contribution in [0, 0.1) is 0 Å². The third-order valence-corrected chi connectivity index (χ3v) is 2.49. The monoisotopic (exact) mass is 192 g/mol. The molecule has 0 amide bonds. The largest absolute Gasteiger partial charge is 0.378 e. The van der Waals surface area contributed by atoms with Gasteiger partial charge >= 0.3 is 0 Å². The molecule has 1 aliphatic heterocycles. The highest BCUT2D eigenvalue weighted by Gasteiger charge is 2.11. The molecule has 1 saturated heterocycles. The second-order valence-corrected chi connectivity index (χ2v) is 3.44. The van der Waals surface area contributed by atoms with E-state index >= 15 is 0 Å². The summed E-state index contributed by atoms with van der Waals surface area (Å²) >= 11 is 0. The molecule has 0 unspecified atom stereocenters. The van der Waals surface area contributed by atoms with E-state index in [1.807, 2.05) is 0 Å². The van der Waals surface area contributed by atoms with Crippen LogP contribution >= 0.6 is 0 Å². The molecule has 3 heteroatoms. The predicted octanol–water partition coefficient (Wildman–Crippen LogP) is 1.48. The van der Waals surface area contributed by atoms with Crippen molar-refractivity contribution in [3.63, 3.8) is 0 Å². The number of anilines is 1. The molecule has 1 aliphatic rings. The maximum absolute atomic E-state index is 5.31. The number of pyridine rings is 1. The molecule has 2 heterocycles. The molecule has 1 fully saturated rings. The molecule has 0 aromatic carbocycles. The average Bonchev–Trinajstić information content (AvgIpc) is 2.30. The lowest BCUT2D eigenvalue weighted by Crippen LogP contribution is -2.36. The molecule has 0 saturated carbocycles. The van der Waals surface area contributed by atoms with Crippen molar-refractivity contribution in [1.82, 2.24) is 4.98 Å². The average molecular weight is 192 g/mol. The van der Waals surface area contributed by atoms with E-state index in [1.165, 1.54) is 0 Å². The van der Waals surface area contributed by atoms with Gasteiger partial charge in [-0.05, 0) is 18.6 Å². The Balaban J connectivity index is 2.13. The third-order valence-electron chi connectivity index (χ3n) is 2.49. The first-order valence-electron chi connectivity index (χ1n) is 5.19. The topological polar surface area (TPSA) is 25.4 Å². The van der Waals surface area contributed by atoms with Crippen LogP contribution < -0.4 is 4.90 Å². The number of morpholine rings is 1. The number of ether oxygens (including phenoxy) is 1. The van der Waals surface area contributed by atoms with Gasteiger partial charge in [-0.15, -0.1) is 0 Å². The van der Waals surface area contributed by atoms with Crippen molar-refractivity contribution in [3.8, 4) is 0 Å². The van der Waals surface area contributed by atoms with Crippen LogP contribution in [0.5, 0.6) is 0 Å². The van der Waals surface area contributed by atoms with Crippen LogP contribution in [-0.2, 0) is 11.2 Å². The molecule has 0 spiro atoms. The van der Waals surface area contributed by atoms with Crippen molar-refractivity contribution in [1.29, 1.82) is 0 Å². The molecule has 0 bridgehead atoms. The summed E-state index contributed by atoms with van der Waals surface area (Å²) in [6.45, 7) is 5.68. The highest BCUT2D eigenvalue weighted by molar-refractivity contribution is 5.39.